The molecular formula is C18H21ClF3N3. The lowest BCUT2D eigenvalue weighted by atomic mass is 10.0. The van der Waals surface area contributed by atoms with Crippen LogP contribution in [0.3, 0.4) is 0 Å². The quantitative estimate of drug-likeness (QED) is 0.823. The first-order chi connectivity index (χ1) is 11.8. The van der Waals surface area contributed by atoms with Gasteiger partial charge in [0.05, 0.1) is 17.3 Å². The van der Waals surface area contributed by atoms with Crippen molar-refractivity contribution >= 4 is 11.6 Å². The molecule has 2 aromatic rings. The molecule has 136 valence electrons. The summed E-state index contributed by atoms with van der Waals surface area (Å²) in [6.45, 7) is 5.84. The molecule has 3 rings (SSSR count). The Morgan fingerprint density at radius 2 is 1.96 bits per heavy atom. The van der Waals surface area contributed by atoms with E-state index >= 15 is 0 Å². The predicted molar refractivity (Wildman–Crippen MR) is 91.8 cm³/mol. The highest BCUT2D eigenvalue weighted by Gasteiger charge is 2.30. The van der Waals surface area contributed by atoms with Gasteiger partial charge in [0.2, 0.25) is 0 Å². The third-order valence-corrected chi connectivity index (χ3v) is 4.85. The molecule has 0 fully saturated rings. The number of benzene rings is 1. The lowest BCUT2D eigenvalue weighted by Gasteiger charge is -2.27. The van der Waals surface area contributed by atoms with Crippen molar-refractivity contribution in [2.75, 3.05) is 6.54 Å². The summed E-state index contributed by atoms with van der Waals surface area (Å²) in [4.78, 5) is 4.50. The number of aryl methyl sites for hydroxylation is 1. The lowest BCUT2D eigenvalue weighted by molar-refractivity contribution is -0.137. The summed E-state index contributed by atoms with van der Waals surface area (Å²) in [6.07, 6.45) is -2.86. The molecule has 0 bridgehead atoms. The minimum atomic E-state index is -4.29. The zero-order chi connectivity index (χ0) is 18.2. The zero-order valence-electron chi connectivity index (χ0n) is 14.2. The van der Waals surface area contributed by atoms with Gasteiger partial charge < -0.3 is 9.88 Å². The first-order valence-electron chi connectivity index (χ1n) is 8.42. The van der Waals surface area contributed by atoms with Crippen LogP contribution in [0.2, 0.25) is 5.15 Å². The van der Waals surface area contributed by atoms with Crippen LogP contribution in [0.1, 0.15) is 54.9 Å². The van der Waals surface area contributed by atoms with Crippen LogP contribution < -0.4 is 5.32 Å². The predicted octanol–water partition coefficient (Wildman–Crippen LogP) is 4.96. The number of imidazole rings is 1. The van der Waals surface area contributed by atoms with Gasteiger partial charge in [-0.1, -0.05) is 37.6 Å². The molecule has 0 amide bonds. The average molecular weight is 372 g/mol. The van der Waals surface area contributed by atoms with E-state index < -0.39 is 11.7 Å². The van der Waals surface area contributed by atoms with E-state index in [-0.39, 0.29) is 6.04 Å². The standard InChI is InChI=1S/C18H21ClF3N3/c1-11(2)17-24-16(19)15-14(23-9-10-25(15)17)8-5-12-3-6-13(7-4-12)18(20,21)22/h3-4,6-7,11,14,23H,5,8-10H2,1-2H3. The minimum Gasteiger partial charge on any atom is -0.328 e. The Balaban J connectivity index is 1.73. The van der Waals surface area contributed by atoms with Crippen LogP contribution in [0.5, 0.6) is 0 Å². The summed E-state index contributed by atoms with van der Waals surface area (Å²) in [6, 6.07) is 5.42. The summed E-state index contributed by atoms with van der Waals surface area (Å²) in [5, 5.41) is 3.97. The van der Waals surface area contributed by atoms with Crippen molar-refractivity contribution in [3.8, 4) is 0 Å². The van der Waals surface area contributed by atoms with Crippen molar-refractivity contribution < 1.29 is 13.2 Å². The first kappa shape index (κ1) is 18.3. The molecule has 0 saturated carbocycles. The molecule has 1 aliphatic heterocycles. The van der Waals surface area contributed by atoms with E-state index in [1.54, 1.807) is 12.1 Å². The Bertz CT molecular complexity index is 735. The number of alkyl halides is 3. The maximum Gasteiger partial charge on any atom is 0.416 e. The molecule has 3 nitrogen and oxygen atoms in total. The van der Waals surface area contributed by atoms with Gasteiger partial charge in [-0.05, 0) is 30.5 Å². The SMILES string of the molecule is CC(C)c1nc(Cl)c2n1CCNC2CCc1ccc(C(F)(F)F)cc1. The van der Waals surface area contributed by atoms with E-state index in [9.17, 15) is 13.2 Å². The average Bonchev–Trinajstić information content (AvgIpc) is 2.90. The van der Waals surface area contributed by atoms with Gasteiger partial charge in [-0.25, -0.2) is 4.98 Å². The van der Waals surface area contributed by atoms with Gasteiger partial charge in [0.1, 0.15) is 5.82 Å². The molecule has 25 heavy (non-hydrogen) atoms. The van der Waals surface area contributed by atoms with Gasteiger partial charge >= 0.3 is 6.18 Å². The number of rotatable bonds is 4. The number of aromatic nitrogens is 2. The van der Waals surface area contributed by atoms with E-state index in [0.717, 1.165) is 48.7 Å². The highest BCUT2D eigenvalue weighted by Crippen LogP contribution is 2.33. The van der Waals surface area contributed by atoms with Crippen LogP contribution in [0, 0.1) is 0 Å². The van der Waals surface area contributed by atoms with E-state index in [1.165, 1.54) is 0 Å². The molecule has 1 aromatic heterocycles. The van der Waals surface area contributed by atoms with Gasteiger partial charge in [0.25, 0.3) is 0 Å². The van der Waals surface area contributed by atoms with Crippen molar-refractivity contribution in [2.24, 2.45) is 0 Å². The zero-order valence-corrected chi connectivity index (χ0v) is 15.0. The highest BCUT2D eigenvalue weighted by atomic mass is 35.5. The van der Waals surface area contributed by atoms with Gasteiger partial charge in [-0.3, -0.25) is 0 Å². The molecule has 1 aromatic carbocycles. The number of hydrogen-bond acceptors (Lipinski definition) is 2. The summed E-state index contributed by atoms with van der Waals surface area (Å²) in [5.74, 6) is 1.28. The largest absolute Gasteiger partial charge is 0.416 e. The van der Waals surface area contributed by atoms with E-state index in [4.69, 9.17) is 11.6 Å². The topological polar surface area (TPSA) is 29.9 Å². The summed E-state index contributed by atoms with van der Waals surface area (Å²) in [7, 11) is 0. The number of hydrogen-bond donors (Lipinski definition) is 1. The second-order valence-corrected chi connectivity index (χ2v) is 7.05. The Morgan fingerprint density at radius 1 is 1.28 bits per heavy atom. The minimum absolute atomic E-state index is 0.0588. The molecule has 1 N–H and O–H groups in total. The highest BCUT2D eigenvalue weighted by molar-refractivity contribution is 6.30. The normalized spacial score (nSPS) is 17.8. The molecule has 7 heteroatoms. The maximum absolute atomic E-state index is 12.6. The van der Waals surface area contributed by atoms with Crippen LogP contribution in [0.25, 0.3) is 0 Å². The van der Waals surface area contributed by atoms with Crippen molar-refractivity contribution in [2.45, 2.75) is 51.4 Å². The lowest BCUT2D eigenvalue weighted by Crippen LogP contribution is -2.34. The summed E-state index contributed by atoms with van der Waals surface area (Å²) >= 11 is 6.36. The van der Waals surface area contributed by atoms with Gasteiger partial charge in [0.15, 0.2) is 5.15 Å². The smallest absolute Gasteiger partial charge is 0.328 e. The fourth-order valence-corrected chi connectivity index (χ4v) is 3.64. The van der Waals surface area contributed by atoms with Crippen LogP contribution in [-0.2, 0) is 19.1 Å². The van der Waals surface area contributed by atoms with Crippen LogP contribution in [0.15, 0.2) is 24.3 Å². The van der Waals surface area contributed by atoms with Gasteiger partial charge in [0, 0.05) is 19.0 Å². The summed E-state index contributed by atoms with van der Waals surface area (Å²) in [5.41, 5.74) is 1.25. The molecule has 1 unspecified atom stereocenters. The molecular weight excluding hydrogens is 351 g/mol. The Hall–Kier alpha value is -1.53. The van der Waals surface area contributed by atoms with Crippen molar-refractivity contribution in [3.05, 3.63) is 52.1 Å². The van der Waals surface area contributed by atoms with E-state index in [2.05, 4.69) is 28.7 Å². The fraction of sp³-hybridized carbons (Fsp3) is 0.500. The van der Waals surface area contributed by atoms with Crippen LogP contribution >= 0.6 is 11.6 Å². The van der Waals surface area contributed by atoms with Crippen LogP contribution in [0.4, 0.5) is 13.2 Å². The second kappa shape index (κ2) is 7.00. The number of nitrogens with one attached hydrogen (secondary N) is 1. The van der Waals surface area contributed by atoms with E-state index in [1.807, 2.05) is 0 Å². The number of nitrogens with zero attached hydrogens (tertiary/aromatic N) is 2. The first-order valence-corrected chi connectivity index (χ1v) is 8.80. The molecule has 1 atom stereocenters. The summed E-state index contributed by atoms with van der Waals surface area (Å²) < 4.78 is 40.1. The van der Waals surface area contributed by atoms with Crippen molar-refractivity contribution in [1.29, 1.82) is 0 Å². The molecule has 1 aliphatic rings. The Kier molecular flexibility index (Phi) is 5.11. The monoisotopic (exact) mass is 371 g/mol. The maximum atomic E-state index is 12.6. The fourth-order valence-electron chi connectivity index (χ4n) is 3.32. The van der Waals surface area contributed by atoms with Gasteiger partial charge in [-0.2, -0.15) is 13.2 Å². The van der Waals surface area contributed by atoms with Crippen molar-refractivity contribution in [3.63, 3.8) is 0 Å². The molecule has 0 saturated heterocycles. The molecule has 0 radical (unpaired) electrons. The van der Waals surface area contributed by atoms with Gasteiger partial charge in [-0.15, -0.1) is 0 Å². The Morgan fingerprint density at radius 3 is 2.56 bits per heavy atom. The number of halogens is 4. The molecule has 0 spiro atoms. The van der Waals surface area contributed by atoms with E-state index in [0.29, 0.717) is 17.5 Å². The molecule has 2 heterocycles. The van der Waals surface area contributed by atoms with Crippen LogP contribution in [-0.4, -0.2) is 16.1 Å². The molecule has 0 aliphatic carbocycles. The third kappa shape index (κ3) is 3.85. The van der Waals surface area contributed by atoms with Crippen molar-refractivity contribution in [1.82, 2.24) is 14.9 Å². The second-order valence-electron chi connectivity index (χ2n) is 6.69. The third-order valence-electron chi connectivity index (χ3n) is 4.57. The number of fused-ring (bicyclic) bond motifs is 1. The Labute approximate surface area is 150 Å².